The highest BCUT2D eigenvalue weighted by Crippen LogP contribution is 2.29. The summed E-state index contributed by atoms with van der Waals surface area (Å²) in [6.45, 7) is 2.47. The Morgan fingerprint density at radius 2 is 2.08 bits per heavy atom. The van der Waals surface area contributed by atoms with Gasteiger partial charge in [-0.15, -0.1) is 10.2 Å². The van der Waals surface area contributed by atoms with Crippen LogP contribution in [0.4, 0.5) is 15.4 Å². The molecule has 0 unspecified atom stereocenters. The fraction of sp³-hybridized carbons (Fsp3) is 0.375. The normalized spacial score (nSPS) is 15.4. The summed E-state index contributed by atoms with van der Waals surface area (Å²) < 4.78 is 11.7. The number of hydrogen-bond acceptors (Lipinski definition) is 11. The van der Waals surface area contributed by atoms with Crippen LogP contribution in [0, 0.1) is 0 Å². The molecule has 1 saturated heterocycles. The zero-order valence-electron chi connectivity index (χ0n) is 21.2. The molecule has 0 saturated carbocycles. The van der Waals surface area contributed by atoms with Gasteiger partial charge in [-0.25, -0.2) is 19.3 Å². The number of aromatic nitrogens is 5. The van der Waals surface area contributed by atoms with Crippen LogP contribution in [0.25, 0.3) is 11.5 Å². The average Bonchev–Trinajstić information content (AvgIpc) is 3.61. The summed E-state index contributed by atoms with van der Waals surface area (Å²) in [5, 5.41) is 24.7. The SMILES string of the molecule is COc1cc2c(cc1C(=O)Nc1cccc(-c3nnnn3[C@H](C)CO)n1)CN(C(=O)ON1CCOC1=O)CC2. The minimum Gasteiger partial charge on any atom is -0.496 e. The number of nitrogens with one attached hydrogen (secondary N) is 1. The Hall–Kier alpha value is -4.79. The van der Waals surface area contributed by atoms with Gasteiger partial charge >= 0.3 is 12.2 Å². The number of aliphatic hydroxyl groups excluding tert-OH is 1. The van der Waals surface area contributed by atoms with Crippen molar-refractivity contribution in [2.75, 3.05) is 38.7 Å². The second-order valence-electron chi connectivity index (χ2n) is 8.91. The Balaban J connectivity index is 1.34. The lowest BCUT2D eigenvalue weighted by Crippen LogP contribution is -2.40. The quantitative estimate of drug-likeness (QED) is 0.445. The van der Waals surface area contributed by atoms with Gasteiger partial charge in [0.25, 0.3) is 5.91 Å². The smallest absolute Gasteiger partial charge is 0.443 e. The van der Waals surface area contributed by atoms with Crippen molar-refractivity contribution in [2.45, 2.75) is 25.9 Å². The number of rotatable bonds is 7. The maximum absolute atomic E-state index is 13.3. The Morgan fingerprint density at radius 1 is 1.23 bits per heavy atom. The van der Waals surface area contributed by atoms with E-state index in [1.54, 1.807) is 37.3 Å². The molecule has 3 amide bonds. The van der Waals surface area contributed by atoms with Crippen molar-refractivity contribution in [3.05, 3.63) is 47.0 Å². The number of fused-ring (bicyclic) bond motifs is 1. The number of amides is 3. The summed E-state index contributed by atoms with van der Waals surface area (Å²) in [4.78, 5) is 48.6. The van der Waals surface area contributed by atoms with Gasteiger partial charge in [0.1, 0.15) is 23.9 Å². The van der Waals surface area contributed by atoms with Gasteiger partial charge in [0.15, 0.2) is 0 Å². The van der Waals surface area contributed by atoms with Crippen molar-refractivity contribution in [3.63, 3.8) is 0 Å². The second kappa shape index (κ2) is 10.9. The van der Waals surface area contributed by atoms with E-state index in [-0.39, 0.29) is 43.7 Å². The lowest BCUT2D eigenvalue weighted by Gasteiger charge is -2.29. The zero-order valence-corrected chi connectivity index (χ0v) is 21.2. The maximum Gasteiger partial charge on any atom is 0.443 e. The van der Waals surface area contributed by atoms with Gasteiger partial charge in [-0.2, -0.15) is 0 Å². The van der Waals surface area contributed by atoms with E-state index >= 15 is 0 Å². The predicted molar refractivity (Wildman–Crippen MR) is 132 cm³/mol. The Kier molecular flexibility index (Phi) is 7.23. The first kappa shape index (κ1) is 25.8. The predicted octanol–water partition coefficient (Wildman–Crippen LogP) is 1.41. The molecule has 4 heterocycles. The van der Waals surface area contributed by atoms with E-state index in [9.17, 15) is 19.5 Å². The van der Waals surface area contributed by atoms with Crippen LogP contribution in [0.1, 0.15) is 34.5 Å². The third kappa shape index (κ3) is 5.29. The number of benzene rings is 1. The number of carbonyl (C=O) groups is 3. The van der Waals surface area contributed by atoms with Gasteiger partial charge in [-0.1, -0.05) is 6.07 Å². The number of cyclic esters (lactones) is 1. The molecule has 5 rings (SSSR count). The molecule has 0 bridgehead atoms. The number of pyridine rings is 1. The zero-order chi connectivity index (χ0) is 27.5. The van der Waals surface area contributed by atoms with Gasteiger partial charge in [-0.05, 0) is 59.2 Å². The molecule has 2 aliphatic heterocycles. The molecule has 3 aromatic rings. The van der Waals surface area contributed by atoms with Gasteiger partial charge in [0.2, 0.25) is 5.82 Å². The third-order valence-corrected chi connectivity index (χ3v) is 6.34. The standard InChI is InChI=1S/C24H26N8O7/c1-14(13-33)32-21(27-28-29-32)18-4-3-5-20(25-18)26-22(34)17-10-16-12-30(7-6-15(16)11-19(17)37-2)23(35)39-31-8-9-38-24(31)36/h3-5,10-11,14,33H,6-9,12-13H2,1-2H3,(H,25,26,34)/t14-/m1/s1. The minimum absolute atomic E-state index is 0.157. The summed E-state index contributed by atoms with van der Waals surface area (Å²) in [6.07, 6.45) is -0.876. The van der Waals surface area contributed by atoms with Crippen molar-refractivity contribution in [1.82, 2.24) is 35.2 Å². The molecule has 15 heteroatoms. The molecule has 2 aromatic heterocycles. The van der Waals surface area contributed by atoms with Crippen molar-refractivity contribution >= 4 is 23.9 Å². The Morgan fingerprint density at radius 3 is 2.82 bits per heavy atom. The fourth-order valence-corrected chi connectivity index (χ4v) is 4.25. The molecule has 0 aliphatic carbocycles. The van der Waals surface area contributed by atoms with E-state index < -0.39 is 18.1 Å². The average molecular weight is 539 g/mol. The first-order chi connectivity index (χ1) is 18.9. The maximum atomic E-state index is 13.3. The molecule has 1 atom stereocenters. The van der Waals surface area contributed by atoms with E-state index in [0.29, 0.717) is 30.2 Å². The first-order valence-electron chi connectivity index (χ1n) is 12.2. The van der Waals surface area contributed by atoms with Gasteiger partial charge < -0.3 is 29.6 Å². The number of tetrazole rings is 1. The summed E-state index contributed by atoms with van der Waals surface area (Å²) in [5.41, 5.74) is 2.33. The number of nitrogens with zero attached hydrogens (tertiary/aromatic N) is 7. The van der Waals surface area contributed by atoms with Crippen LogP contribution in [-0.4, -0.2) is 91.8 Å². The Labute approximate surface area is 222 Å². The molecule has 204 valence electrons. The molecule has 2 N–H and O–H groups in total. The van der Waals surface area contributed by atoms with Crippen LogP contribution >= 0.6 is 0 Å². The van der Waals surface area contributed by atoms with Crippen LogP contribution in [0.2, 0.25) is 0 Å². The molecule has 1 aromatic carbocycles. The number of ether oxygens (including phenoxy) is 2. The van der Waals surface area contributed by atoms with Crippen molar-refractivity contribution in [1.29, 1.82) is 0 Å². The molecule has 15 nitrogen and oxygen atoms in total. The number of aliphatic hydroxyl groups is 1. The van der Waals surface area contributed by atoms with Crippen molar-refractivity contribution in [3.8, 4) is 17.3 Å². The molecule has 1 fully saturated rings. The molecule has 0 spiro atoms. The van der Waals surface area contributed by atoms with Crippen LogP contribution in [0.15, 0.2) is 30.3 Å². The minimum atomic E-state index is -0.707. The lowest BCUT2D eigenvalue weighted by atomic mass is 9.96. The number of methoxy groups -OCH3 is 1. The van der Waals surface area contributed by atoms with Crippen molar-refractivity contribution in [2.24, 2.45) is 0 Å². The van der Waals surface area contributed by atoms with Gasteiger partial charge in [0, 0.05) is 13.1 Å². The Bertz CT molecular complexity index is 1410. The highest BCUT2D eigenvalue weighted by Gasteiger charge is 2.31. The van der Waals surface area contributed by atoms with E-state index in [4.69, 9.17) is 14.3 Å². The molecular formula is C24H26N8O7. The fourth-order valence-electron chi connectivity index (χ4n) is 4.25. The summed E-state index contributed by atoms with van der Waals surface area (Å²) >= 11 is 0. The van der Waals surface area contributed by atoms with Crippen LogP contribution in [-0.2, 0) is 22.5 Å². The summed E-state index contributed by atoms with van der Waals surface area (Å²) in [5.74, 6) is 0.500. The van der Waals surface area contributed by atoms with E-state index in [1.165, 1.54) is 16.7 Å². The third-order valence-electron chi connectivity index (χ3n) is 6.34. The topological polar surface area (TPSA) is 174 Å². The number of hydroxylamine groups is 2. The highest BCUT2D eigenvalue weighted by atomic mass is 16.8. The van der Waals surface area contributed by atoms with E-state index in [0.717, 1.165) is 16.2 Å². The molecule has 0 radical (unpaired) electrons. The summed E-state index contributed by atoms with van der Waals surface area (Å²) in [7, 11) is 1.47. The van der Waals surface area contributed by atoms with E-state index in [1.807, 2.05) is 0 Å². The van der Waals surface area contributed by atoms with Crippen molar-refractivity contribution < 1.29 is 33.8 Å². The largest absolute Gasteiger partial charge is 0.496 e. The van der Waals surface area contributed by atoms with E-state index in [2.05, 4.69) is 25.8 Å². The summed E-state index contributed by atoms with van der Waals surface area (Å²) in [6, 6.07) is 8.09. The second-order valence-corrected chi connectivity index (χ2v) is 8.91. The molecule has 2 aliphatic rings. The molecule has 39 heavy (non-hydrogen) atoms. The monoisotopic (exact) mass is 538 g/mol. The number of anilines is 1. The lowest BCUT2D eigenvalue weighted by molar-refractivity contribution is -0.0651. The van der Waals surface area contributed by atoms with Gasteiger partial charge in [0.05, 0.1) is 31.9 Å². The number of hydrogen-bond donors (Lipinski definition) is 2. The van der Waals surface area contributed by atoms with Crippen LogP contribution in [0.5, 0.6) is 5.75 Å². The first-order valence-corrected chi connectivity index (χ1v) is 12.2. The number of carbonyl (C=O) groups excluding carboxylic acids is 3. The molecular weight excluding hydrogens is 512 g/mol. The highest BCUT2D eigenvalue weighted by molar-refractivity contribution is 6.06. The van der Waals surface area contributed by atoms with Gasteiger partial charge in [-0.3, -0.25) is 4.79 Å². The van der Waals surface area contributed by atoms with Crippen LogP contribution < -0.4 is 10.1 Å². The van der Waals surface area contributed by atoms with Crippen LogP contribution in [0.3, 0.4) is 0 Å².